The Bertz CT molecular complexity index is 362. The second-order valence-corrected chi connectivity index (χ2v) is 4.36. The van der Waals surface area contributed by atoms with Gasteiger partial charge in [0.1, 0.15) is 6.04 Å². The number of hydrogen-bond donors (Lipinski definition) is 4. The van der Waals surface area contributed by atoms with Gasteiger partial charge in [-0.25, -0.2) is 14.0 Å². The van der Waals surface area contributed by atoms with Crippen molar-refractivity contribution in [2.75, 3.05) is 0 Å². The third kappa shape index (κ3) is 3.97. The largest absolute Gasteiger partial charge is 0.480 e. The van der Waals surface area contributed by atoms with E-state index in [0.29, 0.717) is 0 Å². The standard InChI is InChI=1S/C6H11N2O7P/c1-3(9)8(16(13,14)15)4(6(11)12)2-5(7)10/h4H,2H2,1H3,(H2,7,10)(H,11,12)(H2,13,14,15)/t4-/m0/s1. The summed E-state index contributed by atoms with van der Waals surface area (Å²) in [6.45, 7) is 0.774. The molecule has 9 nitrogen and oxygen atoms in total. The number of carboxylic acids is 1. The van der Waals surface area contributed by atoms with E-state index in [9.17, 15) is 18.9 Å². The molecule has 0 aliphatic heterocycles. The fourth-order valence-corrected chi connectivity index (χ4v) is 1.96. The maximum absolute atomic E-state index is 10.9. The molecule has 0 spiro atoms. The molecule has 0 bridgehead atoms. The maximum Gasteiger partial charge on any atom is 0.433 e. The number of amides is 2. The summed E-state index contributed by atoms with van der Waals surface area (Å²) in [5.41, 5.74) is 4.72. The lowest BCUT2D eigenvalue weighted by atomic mass is 10.2. The molecule has 0 aliphatic carbocycles. The molecule has 0 unspecified atom stereocenters. The summed E-state index contributed by atoms with van der Waals surface area (Å²) in [7, 11) is -5.10. The van der Waals surface area contributed by atoms with E-state index in [1.54, 1.807) is 0 Å². The molecule has 2 amide bonds. The van der Waals surface area contributed by atoms with Gasteiger partial charge in [0.2, 0.25) is 11.8 Å². The van der Waals surface area contributed by atoms with Crippen LogP contribution in [0.3, 0.4) is 0 Å². The molecule has 0 aromatic rings. The number of primary amides is 1. The molecule has 0 heterocycles. The monoisotopic (exact) mass is 254 g/mol. The van der Waals surface area contributed by atoms with E-state index in [-0.39, 0.29) is 4.67 Å². The zero-order valence-electron chi connectivity index (χ0n) is 8.23. The highest BCUT2D eigenvalue weighted by molar-refractivity contribution is 7.50. The van der Waals surface area contributed by atoms with Gasteiger partial charge in [0.05, 0.1) is 6.42 Å². The molecule has 10 heteroatoms. The molecule has 16 heavy (non-hydrogen) atoms. The van der Waals surface area contributed by atoms with Gasteiger partial charge in [-0.05, 0) is 0 Å². The topological polar surface area (TPSA) is 158 Å². The molecule has 0 saturated carbocycles. The van der Waals surface area contributed by atoms with E-state index in [2.05, 4.69) is 0 Å². The second-order valence-electron chi connectivity index (χ2n) is 2.90. The van der Waals surface area contributed by atoms with E-state index in [1.165, 1.54) is 0 Å². The minimum absolute atomic E-state index is 0.180. The zero-order chi connectivity index (χ0) is 13.1. The van der Waals surface area contributed by atoms with E-state index in [0.717, 1.165) is 6.92 Å². The van der Waals surface area contributed by atoms with Gasteiger partial charge in [-0.1, -0.05) is 0 Å². The van der Waals surface area contributed by atoms with Crippen molar-refractivity contribution in [1.82, 2.24) is 4.67 Å². The SMILES string of the molecule is CC(=O)N([C@@H](CC(N)=O)C(=O)O)P(=O)(O)O. The van der Waals surface area contributed by atoms with Crippen LogP contribution in [0.2, 0.25) is 0 Å². The summed E-state index contributed by atoms with van der Waals surface area (Å²) in [6.07, 6.45) is -0.875. The van der Waals surface area contributed by atoms with Gasteiger partial charge in [-0.15, -0.1) is 0 Å². The van der Waals surface area contributed by atoms with E-state index < -0.39 is 38.0 Å². The van der Waals surface area contributed by atoms with Crippen molar-refractivity contribution >= 4 is 25.5 Å². The van der Waals surface area contributed by atoms with Gasteiger partial charge in [-0.2, -0.15) is 0 Å². The molecule has 0 saturated heterocycles. The van der Waals surface area contributed by atoms with Gasteiger partial charge in [0, 0.05) is 6.92 Å². The van der Waals surface area contributed by atoms with Crippen LogP contribution in [0.4, 0.5) is 0 Å². The Kier molecular flexibility index (Phi) is 4.61. The molecular weight excluding hydrogens is 243 g/mol. The number of aliphatic carboxylic acids is 1. The molecule has 0 aromatic heterocycles. The van der Waals surface area contributed by atoms with Gasteiger partial charge >= 0.3 is 13.7 Å². The first kappa shape index (κ1) is 14.6. The number of rotatable bonds is 5. The third-order valence-corrected chi connectivity index (χ3v) is 2.70. The van der Waals surface area contributed by atoms with Crippen molar-refractivity contribution in [2.45, 2.75) is 19.4 Å². The molecule has 0 aliphatic rings. The average molecular weight is 254 g/mol. The fraction of sp³-hybridized carbons (Fsp3) is 0.500. The van der Waals surface area contributed by atoms with Crippen LogP contribution >= 0.6 is 7.75 Å². The number of carbonyl (C=O) groups excluding carboxylic acids is 2. The van der Waals surface area contributed by atoms with Crippen molar-refractivity contribution < 1.29 is 33.8 Å². The summed E-state index contributed by atoms with van der Waals surface area (Å²) >= 11 is 0. The van der Waals surface area contributed by atoms with Gasteiger partial charge in [0.25, 0.3) is 0 Å². The van der Waals surface area contributed by atoms with Crippen LogP contribution in [0.5, 0.6) is 0 Å². The van der Waals surface area contributed by atoms with Crippen LogP contribution in [0.25, 0.3) is 0 Å². The highest BCUT2D eigenvalue weighted by Crippen LogP contribution is 2.42. The molecule has 5 N–H and O–H groups in total. The van der Waals surface area contributed by atoms with Crippen LogP contribution in [0, 0.1) is 0 Å². The lowest BCUT2D eigenvalue weighted by molar-refractivity contribution is -0.147. The van der Waals surface area contributed by atoms with Crippen molar-refractivity contribution in [3.05, 3.63) is 0 Å². The first-order valence-corrected chi connectivity index (χ1v) is 5.50. The Labute approximate surface area is 90.1 Å². The summed E-state index contributed by atoms with van der Waals surface area (Å²) in [5, 5.41) is 8.66. The third-order valence-electron chi connectivity index (χ3n) is 1.58. The van der Waals surface area contributed by atoms with Crippen LogP contribution in [-0.2, 0) is 18.9 Å². The summed E-state index contributed by atoms with van der Waals surface area (Å²) in [4.78, 5) is 49.7. The van der Waals surface area contributed by atoms with Gasteiger partial charge < -0.3 is 20.6 Å². The fourth-order valence-electron chi connectivity index (χ4n) is 1.05. The van der Waals surface area contributed by atoms with E-state index in [1.807, 2.05) is 0 Å². The number of carboxylic acid groups (broad SMARTS) is 1. The van der Waals surface area contributed by atoms with Crippen LogP contribution in [0.1, 0.15) is 13.3 Å². The predicted molar refractivity (Wildman–Crippen MR) is 49.8 cm³/mol. The van der Waals surface area contributed by atoms with Crippen LogP contribution in [0.15, 0.2) is 0 Å². The van der Waals surface area contributed by atoms with Crippen molar-refractivity contribution in [3.8, 4) is 0 Å². The Morgan fingerprint density at radius 2 is 1.81 bits per heavy atom. The van der Waals surface area contributed by atoms with Crippen molar-refractivity contribution in [2.24, 2.45) is 5.73 Å². The minimum atomic E-state index is -5.10. The van der Waals surface area contributed by atoms with Crippen LogP contribution < -0.4 is 5.73 Å². The van der Waals surface area contributed by atoms with Crippen LogP contribution in [-0.4, -0.2) is 43.4 Å². The molecule has 92 valence electrons. The highest BCUT2D eigenvalue weighted by atomic mass is 31.2. The number of nitrogens with zero attached hydrogens (tertiary/aromatic N) is 1. The summed E-state index contributed by atoms with van der Waals surface area (Å²) in [6, 6.07) is -1.98. The van der Waals surface area contributed by atoms with Crippen molar-refractivity contribution in [1.29, 1.82) is 0 Å². The molecule has 0 fully saturated rings. The van der Waals surface area contributed by atoms with E-state index >= 15 is 0 Å². The Morgan fingerprint density at radius 1 is 1.38 bits per heavy atom. The Hall–Kier alpha value is -1.44. The second kappa shape index (κ2) is 5.06. The van der Waals surface area contributed by atoms with Gasteiger partial charge in [0.15, 0.2) is 0 Å². The average Bonchev–Trinajstić information content (AvgIpc) is 1.97. The lowest BCUT2D eigenvalue weighted by Crippen LogP contribution is -2.44. The minimum Gasteiger partial charge on any atom is -0.480 e. The Morgan fingerprint density at radius 3 is 2.00 bits per heavy atom. The normalized spacial score (nSPS) is 12.9. The molecule has 0 rings (SSSR count). The molecule has 1 atom stereocenters. The molecule has 0 radical (unpaired) electrons. The first-order chi connectivity index (χ1) is 7.07. The predicted octanol–water partition coefficient (Wildman–Crippen LogP) is -1.74. The summed E-state index contributed by atoms with van der Waals surface area (Å²) < 4.78 is 10.7. The number of nitrogens with two attached hydrogens (primary N) is 1. The first-order valence-electron chi connectivity index (χ1n) is 3.94. The lowest BCUT2D eigenvalue weighted by Gasteiger charge is -2.27. The number of carbonyl (C=O) groups is 3. The zero-order valence-corrected chi connectivity index (χ0v) is 9.13. The maximum atomic E-state index is 10.9. The molecular formula is C6H11N2O7P. The highest BCUT2D eigenvalue weighted by Gasteiger charge is 2.40. The smallest absolute Gasteiger partial charge is 0.433 e. The van der Waals surface area contributed by atoms with E-state index in [4.69, 9.17) is 20.6 Å². The summed E-state index contributed by atoms with van der Waals surface area (Å²) in [5.74, 6) is -3.98. The van der Waals surface area contributed by atoms with Gasteiger partial charge in [-0.3, -0.25) is 9.59 Å². The Balaban J connectivity index is 5.28. The quantitative estimate of drug-likeness (QED) is 0.423. The van der Waals surface area contributed by atoms with Crippen molar-refractivity contribution in [3.63, 3.8) is 0 Å². The number of hydrogen-bond acceptors (Lipinski definition) is 4. The molecule has 0 aromatic carbocycles.